The van der Waals surface area contributed by atoms with Gasteiger partial charge in [-0.3, -0.25) is 4.79 Å². The van der Waals surface area contributed by atoms with Crippen LogP contribution in [0.15, 0.2) is 82.6 Å². The zero-order valence-corrected chi connectivity index (χ0v) is 14.8. The van der Waals surface area contributed by atoms with E-state index in [-0.39, 0.29) is 12.3 Å². The van der Waals surface area contributed by atoms with Crippen LogP contribution >= 0.6 is 23.4 Å². The Bertz CT molecular complexity index is 886. The maximum absolute atomic E-state index is 13.8. The van der Waals surface area contributed by atoms with Crippen molar-refractivity contribution in [2.75, 3.05) is 5.32 Å². The van der Waals surface area contributed by atoms with Gasteiger partial charge in [0.15, 0.2) is 0 Å². The van der Waals surface area contributed by atoms with Crippen LogP contribution in [0.4, 0.5) is 10.1 Å². The predicted octanol–water partition coefficient (Wildman–Crippen LogP) is 5.81. The van der Waals surface area contributed by atoms with Crippen LogP contribution < -0.4 is 5.32 Å². The second kappa shape index (κ2) is 8.19. The fraction of sp³-hybridized carbons (Fsp3) is 0.0500. The van der Waals surface area contributed by atoms with Crippen molar-refractivity contribution >= 4 is 35.0 Å². The number of carbonyl (C=O) groups excluding carboxylic acids is 1. The maximum atomic E-state index is 13.8. The lowest BCUT2D eigenvalue weighted by atomic mass is 10.1. The largest absolute Gasteiger partial charge is 0.325 e. The Morgan fingerprint density at radius 2 is 1.72 bits per heavy atom. The second-order valence-corrected chi connectivity index (χ2v) is 6.92. The molecule has 0 aliphatic heterocycles. The summed E-state index contributed by atoms with van der Waals surface area (Å²) < 4.78 is 13.8. The topological polar surface area (TPSA) is 29.1 Å². The molecule has 5 heteroatoms. The van der Waals surface area contributed by atoms with E-state index in [0.717, 1.165) is 9.79 Å². The molecule has 0 saturated heterocycles. The molecule has 0 saturated carbocycles. The molecule has 3 rings (SSSR count). The van der Waals surface area contributed by atoms with Crippen LogP contribution in [-0.4, -0.2) is 5.91 Å². The van der Waals surface area contributed by atoms with Crippen molar-refractivity contribution in [3.8, 4) is 0 Å². The van der Waals surface area contributed by atoms with E-state index in [1.165, 1.54) is 12.1 Å². The Morgan fingerprint density at radius 3 is 2.48 bits per heavy atom. The van der Waals surface area contributed by atoms with E-state index in [0.29, 0.717) is 16.3 Å². The van der Waals surface area contributed by atoms with Crippen molar-refractivity contribution in [1.29, 1.82) is 0 Å². The summed E-state index contributed by atoms with van der Waals surface area (Å²) in [5, 5.41) is 3.17. The minimum absolute atomic E-state index is 0.0483. The third-order valence-electron chi connectivity index (χ3n) is 3.50. The van der Waals surface area contributed by atoms with Crippen LogP contribution in [0.1, 0.15) is 5.56 Å². The van der Waals surface area contributed by atoms with Crippen LogP contribution in [-0.2, 0) is 11.2 Å². The number of amides is 1. The molecule has 1 N–H and O–H groups in total. The van der Waals surface area contributed by atoms with Crippen molar-refractivity contribution < 1.29 is 9.18 Å². The molecule has 3 aromatic rings. The summed E-state index contributed by atoms with van der Waals surface area (Å²) in [7, 11) is 0. The van der Waals surface area contributed by atoms with Crippen molar-refractivity contribution in [3.63, 3.8) is 0 Å². The number of hydrogen-bond acceptors (Lipinski definition) is 2. The van der Waals surface area contributed by atoms with Crippen molar-refractivity contribution in [2.24, 2.45) is 0 Å². The summed E-state index contributed by atoms with van der Waals surface area (Å²) in [6, 6.07) is 21.8. The first-order chi connectivity index (χ1) is 12.1. The quantitative estimate of drug-likeness (QED) is 0.613. The molecule has 0 heterocycles. The van der Waals surface area contributed by atoms with E-state index >= 15 is 0 Å². The molecule has 126 valence electrons. The number of nitrogens with one attached hydrogen (secondary N) is 1. The van der Waals surface area contributed by atoms with Gasteiger partial charge >= 0.3 is 0 Å². The van der Waals surface area contributed by atoms with Gasteiger partial charge in [-0.25, -0.2) is 4.39 Å². The normalized spacial score (nSPS) is 10.5. The number of benzene rings is 3. The molecule has 3 aromatic carbocycles. The second-order valence-electron chi connectivity index (χ2n) is 5.37. The first kappa shape index (κ1) is 17.5. The van der Waals surface area contributed by atoms with E-state index in [9.17, 15) is 9.18 Å². The Hall–Kier alpha value is -2.30. The average Bonchev–Trinajstić information content (AvgIpc) is 2.60. The average molecular weight is 372 g/mol. The van der Waals surface area contributed by atoms with Crippen LogP contribution in [0.2, 0.25) is 5.02 Å². The molecule has 0 radical (unpaired) electrons. The van der Waals surface area contributed by atoms with Gasteiger partial charge in [-0.1, -0.05) is 59.8 Å². The lowest BCUT2D eigenvalue weighted by Gasteiger charge is -2.11. The van der Waals surface area contributed by atoms with E-state index in [1.807, 2.05) is 54.6 Å². The van der Waals surface area contributed by atoms with Gasteiger partial charge in [0, 0.05) is 14.8 Å². The molecular formula is C20H15ClFNOS. The van der Waals surface area contributed by atoms with Crippen LogP contribution in [0.25, 0.3) is 0 Å². The molecule has 2 nitrogen and oxygen atoms in total. The minimum Gasteiger partial charge on any atom is -0.325 e. The van der Waals surface area contributed by atoms with Gasteiger partial charge < -0.3 is 5.32 Å². The SMILES string of the molecule is O=C(Cc1ccc(Cl)cc1F)Nc1ccccc1Sc1ccccc1. The van der Waals surface area contributed by atoms with Crippen molar-refractivity contribution in [3.05, 3.63) is 89.2 Å². The number of halogens is 2. The summed E-state index contributed by atoms with van der Waals surface area (Å²) in [5.74, 6) is -0.753. The number of hydrogen-bond donors (Lipinski definition) is 1. The minimum atomic E-state index is -0.477. The molecule has 0 unspecified atom stereocenters. The summed E-state index contributed by atoms with van der Waals surface area (Å²) in [6.45, 7) is 0. The standard InChI is InChI=1S/C20H15ClFNOS/c21-15-11-10-14(17(22)13-15)12-20(24)23-18-8-4-5-9-19(18)25-16-6-2-1-3-7-16/h1-11,13H,12H2,(H,23,24). The van der Waals surface area contributed by atoms with E-state index in [1.54, 1.807) is 17.8 Å². The van der Waals surface area contributed by atoms with Crippen LogP contribution in [0.3, 0.4) is 0 Å². The monoisotopic (exact) mass is 371 g/mol. The zero-order chi connectivity index (χ0) is 17.6. The van der Waals surface area contributed by atoms with Crippen LogP contribution in [0.5, 0.6) is 0 Å². The third kappa shape index (κ3) is 4.84. The number of anilines is 1. The summed E-state index contributed by atoms with van der Waals surface area (Å²) in [5.41, 5.74) is 1.02. The number of rotatable bonds is 5. The van der Waals surface area contributed by atoms with Gasteiger partial charge in [-0.2, -0.15) is 0 Å². The molecule has 0 aromatic heterocycles. The Morgan fingerprint density at radius 1 is 1.00 bits per heavy atom. The first-order valence-corrected chi connectivity index (χ1v) is 8.87. The van der Waals surface area contributed by atoms with Gasteiger partial charge in [-0.15, -0.1) is 0 Å². The van der Waals surface area contributed by atoms with Gasteiger partial charge in [0.1, 0.15) is 5.82 Å². The molecular weight excluding hydrogens is 357 g/mol. The summed E-state index contributed by atoms with van der Waals surface area (Å²) in [4.78, 5) is 14.3. The molecule has 0 aliphatic rings. The van der Waals surface area contributed by atoms with Crippen molar-refractivity contribution in [2.45, 2.75) is 16.2 Å². The molecule has 25 heavy (non-hydrogen) atoms. The summed E-state index contributed by atoms with van der Waals surface area (Å²) >= 11 is 7.30. The Balaban J connectivity index is 1.73. The van der Waals surface area contributed by atoms with Crippen molar-refractivity contribution in [1.82, 2.24) is 0 Å². The highest BCUT2D eigenvalue weighted by Gasteiger charge is 2.11. The Kier molecular flexibility index (Phi) is 5.74. The molecule has 0 bridgehead atoms. The lowest BCUT2D eigenvalue weighted by Crippen LogP contribution is -2.15. The third-order valence-corrected chi connectivity index (χ3v) is 4.82. The predicted molar refractivity (Wildman–Crippen MR) is 101 cm³/mol. The number of carbonyl (C=O) groups is 1. The molecule has 0 aliphatic carbocycles. The molecule has 0 atom stereocenters. The molecule has 1 amide bonds. The van der Waals surface area contributed by atoms with Gasteiger partial charge in [0.25, 0.3) is 0 Å². The van der Waals surface area contributed by atoms with E-state index < -0.39 is 5.82 Å². The van der Waals surface area contributed by atoms with E-state index in [2.05, 4.69) is 5.32 Å². The number of para-hydroxylation sites is 1. The highest BCUT2D eigenvalue weighted by atomic mass is 35.5. The Labute approximate surface area is 155 Å². The molecule has 0 spiro atoms. The highest BCUT2D eigenvalue weighted by molar-refractivity contribution is 7.99. The fourth-order valence-corrected chi connectivity index (χ4v) is 3.39. The first-order valence-electron chi connectivity index (χ1n) is 7.67. The fourth-order valence-electron chi connectivity index (χ4n) is 2.31. The van der Waals surface area contributed by atoms with Gasteiger partial charge in [0.2, 0.25) is 5.91 Å². The van der Waals surface area contributed by atoms with E-state index in [4.69, 9.17) is 11.6 Å². The van der Waals surface area contributed by atoms with Crippen LogP contribution in [0, 0.1) is 5.82 Å². The maximum Gasteiger partial charge on any atom is 0.228 e. The summed E-state index contributed by atoms with van der Waals surface area (Å²) in [6.07, 6.45) is -0.0483. The highest BCUT2D eigenvalue weighted by Crippen LogP contribution is 2.33. The van der Waals surface area contributed by atoms with Gasteiger partial charge in [-0.05, 0) is 42.0 Å². The van der Waals surface area contributed by atoms with Gasteiger partial charge in [0.05, 0.1) is 12.1 Å². The zero-order valence-electron chi connectivity index (χ0n) is 13.2. The lowest BCUT2D eigenvalue weighted by molar-refractivity contribution is -0.115. The molecule has 0 fully saturated rings. The smallest absolute Gasteiger partial charge is 0.228 e.